The van der Waals surface area contributed by atoms with Gasteiger partial charge in [0.25, 0.3) is 0 Å². The zero-order valence-electron chi connectivity index (χ0n) is 15.5. The second-order valence-corrected chi connectivity index (χ2v) is 6.78. The molecule has 1 atom stereocenters. The third kappa shape index (κ3) is 6.93. The lowest BCUT2D eigenvalue weighted by Crippen LogP contribution is -2.54. The maximum Gasteiger partial charge on any atom is 0.408 e. The molecule has 0 unspecified atom stereocenters. The first-order valence-electron chi connectivity index (χ1n) is 8.69. The van der Waals surface area contributed by atoms with Gasteiger partial charge in [-0.2, -0.15) is 0 Å². The molecule has 0 heterocycles. The molecular weight excluding hydrogens is 344 g/mol. The van der Waals surface area contributed by atoms with E-state index in [2.05, 4.69) is 10.6 Å². The first-order valence-corrected chi connectivity index (χ1v) is 8.69. The van der Waals surface area contributed by atoms with E-state index in [9.17, 15) is 14.4 Å². The fourth-order valence-electron chi connectivity index (χ4n) is 2.40. The van der Waals surface area contributed by atoms with Crippen molar-refractivity contribution in [2.45, 2.75) is 38.5 Å². The summed E-state index contributed by atoms with van der Waals surface area (Å²) < 4.78 is 5.20. The minimum absolute atomic E-state index is 0.103. The molecule has 0 aromatic heterocycles. The zero-order chi connectivity index (χ0) is 19.7. The van der Waals surface area contributed by atoms with Crippen molar-refractivity contribution in [3.63, 3.8) is 0 Å². The minimum atomic E-state index is -1.03. The average Bonchev–Trinajstić information content (AvgIpc) is 2.67. The molecule has 0 radical (unpaired) electrons. The van der Waals surface area contributed by atoms with E-state index in [4.69, 9.17) is 4.74 Å². The van der Waals surface area contributed by atoms with Crippen LogP contribution in [0.25, 0.3) is 0 Å². The van der Waals surface area contributed by atoms with Crippen molar-refractivity contribution in [2.75, 3.05) is 0 Å². The van der Waals surface area contributed by atoms with Crippen LogP contribution >= 0.6 is 0 Å². The van der Waals surface area contributed by atoms with Crippen LogP contribution in [0.3, 0.4) is 0 Å². The molecule has 0 bridgehead atoms. The van der Waals surface area contributed by atoms with Gasteiger partial charge in [0.1, 0.15) is 18.9 Å². The molecule has 0 fully saturated rings. The second kappa shape index (κ2) is 9.52. The highest BCUT2D eigenvalue weighted by molar-refractivity contribution is 5.88. The average molecular weight is 368 g/mol. The van der Waals surface area contributed by atoms with Gasteiger partial charge in [-0.3, -0.25) is 4.79 Å². The maximum atomic E-state index is 12.6. The van der Waals surface area contributed by atoms with Crippen LogP contribution in [0, 0.1) is 0 Å². The lowest BCUT2D eigenvalue weighted by molar-refractivity contribution is -0.127. The Bertz CT molecular complexity index is 760. The number of carbonyl (C=O) groups is 3. The van der Waals surface area contributed by atoms with Crippen molar-refractivity contribution in [3.8, 4) is 0 Å². The van der Waals surface area contributed by atoms with E-state index in [1.54, 1.807) is 13.8 Å². The normalized spacial score (nSPS) is 11.9. The summed E-state index contributed by atoms with van der Waals surface area (Å²) in [5, 5.41) is 5.22. The number of benzene rings is 2. The van der Waals surface area contributed by atoms with Crippen LogP contribution in [0.15, 0.2) is 60.7 Å². The van der Waals surface area contributed by atoms with Gasteiger partial charge in [0.2, 0.25) is 5.91 Å². The Balaban J connectivity index is 2.03. The second-order valence-electron chi connectivity index (χ2n) is 6.78. The number of aldehydes is 1. The monoisotopic (exact) mass is 368 g/mol. The number of rotatable bonds is 8. The van der Waals surface area contributed by atoms with Crippen LogP contribution in [0.2, 0.25) is 0 Å². The largest absolute Gasteiger partial charge is 0.445 e. The van der Waals surface area contributed by atoms with Crippen LogP contribution in [-0.4, -0.2) is 29.9 Å². The fourth-order valence-corrected chi connectivity index (χ4v) is 2.40. The molecular formula is C21H24N2O4. The predicted octanol–water partition coefficient (Wildman–Crippen LogP) is 2.62. The highest BCUT2D eigenvalue weighted by Gasteiger charge is 2.27. The van der Waals surface area contributed by atoms with Gasteiger partial charge >= 0.3 is 6.09 Å². The summed E-state index contributed by atoms with van der Waals surface area (Å²) in [5.74, 6) is -0.451. The van der Waals surface area contributed by atoms with Crippen LogP contribution in [-0.2, 0) is 27.4 Å². The molecule has 0 aliphatic rings. The number of alkyl carbamates (subject to hydrolysis) is 1. The van der Waals surface area contributed by atoms with Crippen LogP contribution in [0.5, 0.6) is 0 Å². The van der Waals surface area contributed by atoms with E-state index >= 15 is 0 Å². The van der Waals surface area contributed by atoms with Gasteiger partial charge in [-0.05, 0) is 25.0 Å². The molecule has 2 amide bonds. The standard InChI is InChI=1S/C21H24N2O4/c1-21(2,15-24)23-19(25)18(13-16-9-5-3-6-10-16)22-20(26)27-14-17-11-7-4-8-12-17/h3-12,15,18H,13-14H2,1-2H3,(H,22,26)(H,23,25)/t18-/m0/s1. The number of hydrogen-bond donors (Lipinski definition) is 2. The lowest BCUT2D eigenvalue weighted by Gasteiger charge is -2.24. The molecule has 0 spiro atoms. The van der Waals surface area contributed by atoms with E-state index in [1.807, 2.05) is 60.7 Å². The minimum Gasteiger partial charge on any atom is -0.445 e. The molecule has 142 valence electrons. The number of hydrogen-bond acceptors (Lipinski definition) is 4. The Kier molecular flexibility index (Phi) is 7.11. The SMILES string of the molecule is CC(C)(C=O)NC(=O)[C@H](Cc1ccccc1)NC(=O)OCc1ccccc1. The highest BCUT2D eigenvalue weighted by atomic mass is 16.5. The van der Waals surface area contributed by atoms with Crippen LogP contribution < -0.4 is 10.6 Å². The maximum absolute atomic E-state index is 12.6. The van der Waals surface area contributed by atoms with Gasteiger partial charge in [0, 0.05) is 6.42 Å². The summed E-state index contributed by atoms with van der Waals surface area (Å²) in [6, 6.07) is 17.7. The van der Waals surface area contributed by atoms with Crippen molar-refractivity contribution in [1.82, 2.24) is 10.6 Å². The molecule has 0 aliphatic carbocycles. The molecule has 2 aromatic carbocycles. The smallest absolute Gasteiger partial charge is 0.408 e. The number of amides is 2. The Hall–Kier alpha value is -3.15. The van der Waals surface area contributed by atoms with Crippen molar-refractivity contribution in [2.24, 2.45) is 0 Å². The summed E-state index contributed by atoms with van der Waals surface area (Å²) in [4.78, 5) is 35.9. The summed E-state index contributed by atoms with van der Waals surface area (Å²) in [5.41, 5.74) is 0.700. The molecule has 2 N–H and O–H groups in total. The summed E-state index contributed by atoms with van der Waals surface area (Å²) in [6.07, 6.45) is 0.235. The van der Waals surface area contributed by atoms with Crippen molar-refractivity contribution < 1.29 is 19.1 Å². The molecule has 0 aliphatic heterocycles. The van der Waals surface area contributed by atoms with E-state index in [-0.39, 0.29) is 13.0 Å². The molecule has 27 heavy (non-hydrogen) atoms. The quantitative estimate of drug-likeness (QED) is 0.702. The lowest BCUT2D eigenvalue weighted by atomic mass is 10.0. The zero-order valence-corrected chi connectivity index (χ0v) is 15.5. The Morgan fingerprint density at radius 1 is 1.00 bits per heavy atom. The number of nitrogens with one attached hydrogen (secondary N) is 2. The first kappa shape index (κ1) is 20.2. The van der Waals surface area contributed by atoms with Gasteiger partial charge in [0.15, 0.2) is 0 Å². The van der Waals surface area contributed by atoms with Crippen molar-refractivity contribution in [3.05, 3.63) is 71.8 Å². The van der Waals surface area contributed by atoms with Gasteiger partial charge in [-0.1, -0.05) is 60.7 Å². The van der Waals surface area contributed by atoms with E-state index < -0.39 is 23.6 Å². The number of ether oxygens (including phenoxy) is 1. The highest BCUT2D eigenvalue weighted by Crippen LogP contribution is 2.07. The molecule has 6 heteroatoms. The molecule has 0 saturated carbocycles. The Labute approximate surface area is 158 Å². The van der Waals surface area contributed by atoms with E-state index in [0.717, 1.165) is 11.1 Å². The number of carbonyl (C=O) groups excluding carboxylic acids is 3. The summed E-state index contributed by atoms with van der Waals surface area (Å²) in [7, 11) is 0. The molecule has 2 aromatic rings. The van der Waals surface area contributed by atoms with Crippen LogP contribution in [0.1, 0.15) is 25.0 Å². The fraction of sp³-hybridized carbons (Fsp3) is 0.286. The first-order chi connectivity index (χ1) is 12.9. The van der Waals surface area contributed by atoms with Gasteiger partial charge in [-0.25, -0.2) is 4.79 Å². The van der Waals surface area contributed by atoms with E-state index in [1.165, 1.54) is 0 Å². The van der Waals surface area contributed by atoms with Gasteiger partial charge in [-0.15, -0.1) is 0 Å². The molecule has 0 saturated heterocycles. The van der Waals surface area contributed by atoms with Crippen LogP contribution in [0.4, 0.5) is 4.79 Å². The molecule has 6 nitrogen and oxygen atoms in total. The third-order valence-electron chi connectivity index (χ3n) is 3.84. The van der Waals surface area contributed by atoms with E-state index in [0.29, 0.717) is 6.29 Å². The van der Waals surface area contributed by atoms with Gasteiger partial charge < -0.3 is 20.2 Å². The van der Waals surface area contributed by atoms with Crippen molar-refractivity contribution >= 4 is 18.3 Å². The van der Waals surface area contributed by atoms with Gasteiger partial charge in [0.05, 0.1) is 5.54 Å². The topological polar surface area (TPSA) is 84.5 Å². The molecule has 2 rings (SSSR count). The Morgan fingerprint density at radius 2 is 1.56 bits per heavy atom. The third-order valence-corrected chi connectivity index (χ3v) is 3.84. The summed E-state index contributed by atoms with van der Waals surface area (Å²) >= 11 is 0. The Morgan fingerprint density at radius 3 is 2.11 bits per heavy atom. The van der Waals surface area contributed by atoms with Crippen molar-refractivity contribution in [1.29, 1.82) is 0 Å². The predicted molar refractivity (Wildman–Crippen MR) is 102 cm³/mol. The summed E-state index contributed by atoms with van der Waals surface area (Å²) in [6.45, 7) is 3.28.